The first-order valence-corrected chi connectivity index (χ1v) is 7.22. The van der Waals surface area contributed by atoms with Crippen molar-refractivity contribution >= 4 is 5.96 Å². The average Bonchev–Trinajstić information content (AvgIpc) is 3.00. The molecule has 0 unspecified atom stereocenters. The molecule has 0 spiro atoms. The van der Waals surface area contributed by atoms with Crippen LogP contribution in [0.4, 0.5) is 0 Å². The van der Waals surface area contributed by atoms with Crippen LogP contribution in [0.2, 0.25) is 0 Å². The summed E-state index contributed by atoms with van der Waals surface area (Å²) in [5.41, 5.74) is 0. The van der Waals surface area contributed by atoms with Crippen molar-refractivity contribution in [2.75, 3.05) is 27.3 Å². The third-order valence-electron chi connectivity index (χ3n) is 2.93. The Labute approximate surface area is 134 Å². The Balaban J connectivity index is 1.67. The summed E-state index contributed by atoms with van der Waals surface area (Å²) in [5.74, 6) is 3.36. The molecule has 124 valence electrons. The smallest absolute Gasteiger partial charge is 0.223 e. The maximum Gasteiger partial charge on any atom is 0.223 e. The summed E-state index contributed by atoms with van der Waals surface area (Å²) < 4.78 is 15.6. The Morgan fingerprint density at radius 1 is 1.22 bits per heavy atom. The van der Waals surface area contributed by atoms with E-state index in [0.29, 0.717) is 37.4 Å². The van der Waals surface area contributed by atoms with Crippen LogP contribution in [0.25, 0.3) is 0 Å². The standard InChI is InChI=1S/C15H21N5O3/c1-11-19-14(20-23-11)10-18-15(16-2)17-8-9-22-13-6-4-12(21-3)5-7-13/h4-7H,8-10H2,1-3H3,(H2,16,17,18). The van der Waals surface area contributed by atoms with Gasteiger partial charge in [-0.25, -0.2) is 0 Å². The first kappa shape index (κ1) is 16.6. The Morgan fingerprint density at radius 2 is 1.96 bits per heavy atom. The normalized spacial score (nSPS) is 11.2. The minimum Gasteiger partial charge on any atom is -0.497 e. The van der Waals surface area contributed by atoms with E-state index in [1.807, 2.05) is 24.3 Å². The van der Waals surface area contributed by atoms with Crippen molar-refractivity contribution in [3.8, 4) is 11.5 Å². The van der Waals surface area contributed by atoms with E-state index < -0.39 is 0 Å². The number of benzene rings is 1. The fourth-order valence-corrected chi connectivity index (χ4v) is 1.81. The lowest BCUT2D eigenvalue weighted by Gasteiger charge is -2.11. The summed E-state index contributed by atoms with van der Waals surface area (Å²) in [6.45, 7) is 3.31. The number of hydrogen-bond donors (Lipinski definition) is 2. The topological polar surface area (TPSA) is 93.8 Å². The van der Waals surface area contributed by atoms with Gasteiger partial charge in [-0.1, -0.05) is 5.16 Å². The zero-order valence-electron chi connectivity index (χ0n) is 13.5. The number of hydrogen-bond acceptors (Lipinski definition) is 6. The highest BCUT2D eigenvalue weighted by molar-refractivity contribution is 5.79. The molecule has 8 heteroatoms. The highest BCUT2D eigenvalue weighted by Gasteiger charge is 2.03. The van der Waals surface area contributed by atoms with Crippen LogP contribution in [0.1, 0.15) is 11.7 Å². The number of guanidine groups is 1. The fourth-order valence-electron chi connectivity index (χ4n) is 1.81. The molecule has 1 aromatic carbocycles. The Morgan fingerprint density at radius 3 is 2.57 bits per heavy atom. The predicted molar refractivity (Wildman–Crippen MR) is 85.7 cm³/mol. The quantitative estimate of drug-likeness (QED) is 0.449. The monoisotopic (exact) mass is 319 g/mol. The third kappa shape index (κ3) is 5.50. The molecule has 0 amide bonds. The largest absolute Gasteiger partial charge is 0.497 e. The molecule has 2 rings (SSSR count). The number of aromatic nitrogens is 2. The average molecular weight is 319 g/mol. The molecule has 0 aliphatic rings. The van der Waals surface area contributed by atoms with Gasteiger partial charge < -0.3 is 24.6 Å². The molecule has 0 bridgehead atoms. The van der Waals surface area contributed by atoms with Crippen LogP contribution in [0.5, 0.6) is 11.5 Å². The van der Waals surface area contributed by atoms with Crippen molar-refractivity contribution in [1.29, 1.82) is 0 Å². The molecule has 8 nitrogen and oxygen atoms in total. The predicted octanol–water partition coefficient (Wildman–Crippen LogP) is 1.13. The van der Waals surface area contributed by atoms with Gasteiger partial charge in [-0.05, 0) is 24.3 Å². The number of methoxy groups -OCH3 is 1. The summed E-state index contributed by atoms with van der Waals surface area (Å²) in [4.78, 5) is 8.22. The number of nitrogens with one attached hydrogen (secondary N) is 2. The molecule has 2 aromatic rings. The molecule has 1 heterocycles. The highest BCUT2D eigenvalue weighted by Crippen LogP contribution is 2.16. The van der Waals surface area contributed by atoms with E-state index in [0.717, 1.165) is 11.5 Å². The van der Waals surface area contributed by atoms with E-state index in [9.17, 15) is 0 Å². The number of aliphatic imine (C=N–C) groups is 1. The van der Waals surface area contributed by atoms with Crippen LogP contribution < -0.4 is 20.1 Å². The van der Waals surface area contributed by atoms with Gasteiger partial charge in [0.05, 0.1) is 20.2 Å². The van der Waals surface area contributed by atoms with Crippen molar-refractivity contribution in [3.05, 3.63) is 36.0 Å². The summed E-state index contributed by atoms with van der Waals surface area (Å²) in [7, 11) is 3.33. The molecular formula is C15H21N5O3. The molecule has 0 aliphatic heterocycles. The molecule has 0 aliphatic carbocycles. The maximum absolute atomic E-state index is 5.63. The lowest BCUT2D eigenvalue weighted by molar-refractivity contribution is 0.321. The Hall–Kier alpha value is -2.77. The molecule has 23 heavy (non-hydrogen) atoms. The van der Waals surface area contributed by atoms with Gasteiger partial charge in [0.1, 0.15) is 18.1 Å². The second-order valence-electron chi connectivity index (χ2n) is 4.61. The lowest BCUT2D eigenvalue weighted by atomic mass is 10.3. The van der Waals surface area contributed by atoms with Crippen LogP contribution >= 0.6 is 0 Å². The third-order valence-corrected chi connectivity index (χ3v) is 2.93. The van der Waals surface area contributed by atoms with Gasteiger partial charge in [-0.15, -0.1) is 0 Å². The summed E-state index contributed by atoms with van der Waals surface area (Å²) in [6.07, 6.45) is 0. The maximum atomic E-state index is 5.63. The van der Waals surface area contributed by atoms with E-state index in [2.05, 4.69) is 25.8 Å². The summed E-state index contributed by atoms with van der Waals surface area (Å²) in [6, 6.07) is 7.45. The number of nitrogens with zero attached hydrogens (tertiary/aromatic N) is 3. The summed E-state index contributed by atoms with van der Waals surface area (Å²) in [5, 5.41) is 10.0. The molecule has 0 saturated heterocycles. The van der Waals surface area contributed by atoms with Crippen LogP contribution in [0.3, 0.4) is 0 Å². The molecule has 0 saturated carbocycles. The van der Waals surface area contributed by atoms with Gasteiger partial charge >= 0.3 is 0 Å². The Kier molecular flexibility index (Phi) is 6.22. The van der Waals surface area contributed by atoms with Gasteiger partial charge in [0.15, 0.2) is 11.8 Å². The molecule has 0 fully saturated rings. The van der Waals surface area contributed by atoms with E-state index in [1.165, 1.54) is 0 Å². The van der Waals surface area contributed by atoms with Crippen LogP contribution in [0, 0.1) is 6.92 Å². The fraction of sp³-hybridized carbons (Fsp3) is 0.400. The molecule has 0 radical (unpaired) electrons. The van der Waals surface area contributed by atoms with Crippen molar-refractivity contribution in [2.45, 2.75) is 13.5 Å². The van der Waals surface area contributed by atoms with Crippen molar-refractivity contribution in [1.82, 2.24) is 20.8 Å². The van der Waals surface area contributed by atoms with E-state index in [-0.39, 0.29) is 0 Å². The van der Waals surface area contributed by atoms with E-state index >= 15 is 0 Å². The first-order chi connectivity index (χ1) is 11.2. The zero-order valence-corrected chi connectivity index (χ0v) is 13.5. The van der Waals surface area contributed by atoms with Gasteiger partial charge in [0.2, 0.25) is 5.89 Å². The number of aryl methyl sites for hydroxylation is 1. The SMILES string of the molecule is CN=C(NCCOc1ccc(OC)cc1)NCc1noc(C)n1. The Bertz CT molecular complexity index is 624. The summed E-state index contributed by atoms with van der Waals surface area (Å²) >= 11 is 0. The molecule has 2 N–H and O–H groups in total. The molecule has 0 atom stereocenters. The van der Waals surface area contributed by atoms with Crippen molar-refractivity contribution < 1.29 is 14.0 Å². The minimum absolute atomic E-state index is 0.441. The minimum atomic E-state index is 0.441. The number of ether oxygens (including phenoxy) is 2. The second kappa shape index (κ2) is 8.62. The lowest BCUT2D eigenvalue weighted by Crippen LogP contribution is -2.39. The van der Waals surface area contributed by atoms with E-state index in [4.69, 9.17) is 14.0 Å². The van der Waals surface area contributed by atoms with Crippen LogP contribution in [0.15, 0.2) is 33.8 Å². The first-order valence-electron chi connectivity index (χ1n) is 7.22. The van der Waals surface area contributed by atoms with Crippen LogP contribution in [-0.2, 0) is 6.54 Å². The van der Waals surface area contributed by atoms with E-state index in [1.54, 1.807) is 21.1 Å². The van der Waals surface area contributed by atoms with Gasteiger partial charge in [-0.2, -0.15) is 4.98 Å². The highest BCUT2D eigenvalue weighted by atomic mass is 16.5. The van der Waals surface area contributed by atoms with Crippen LogP contribution in [-0.4, -0.2) is 43.4 Å². The zero-order chi connectivity index (χ0) is 16.5. The number of rotatable bonds is 7. The second-order valence-corrected chi connectivity index (χ2v) is 4.61. The van der Waals surface area contributed by atoms with Gasteiger partial charge in [0, 0.05) is 14.0 Å². The van der Waals surface area contributed by atoms with Gasteiger partial charge in [-0.3, -0.25) is 4.99 Å². The van der Waals surface area contributed by atoms with Crippen molar-refractivity contribution in [2.24, 2.45) is 4.99 Å². The molecular weight excluding hydrogens is 298 g/mol. The molecule has 1 aromatic heterocycles. The van der Waals surface area contributed by atoms with Crippen molar-refractivity contribution in [3.63, 3.8) is 0 Å². The van der Waals surface area contributed by atoms with Gasteiger partial charge in [0.25, 0.3) is 0 Å².